The lowest BCUT2D eigenvalue weighted by Crippen LogP contribution is -2.56. The Morgan fingerprint density at radius 1 is 1.24 bits per heavy atom. The highest BCUT2D eigenvalue weighted by molar-refractivity contribution is 6.05. The molecule has 1 aromatic carbocycles. The maximum absolute atomic E-state index is 14.5. The monoisotopic (exact) mass is 524 g/mol. The molecule has 2 unspecified atom stereocenters. The highest BCUT2D eigenvalue weighted by atomic mass is 16.6. The van der Waals surface area contributed by atoms with Crippen molar-refractivity contribution in [2.45, 2.75) is 70.1 Å². The van der Waals surface area contributed by atoms with E-state index in [1.54, 1.807) is 22.0 Å². The van der Waals surface area contributed by atoms with Gasteiger partial charge in [-0.15, -0.1) is 13.2 Å². The summed E-state index contributed by atoms with van der Waals surface area (Å²) in [5, 5.41) is 9.36. The van der Waals surface area contributed by atoms with Crippen molar-refractivity contribution in [3.63, 3.8) is 0 Å². The third kappa shape index (κ3) is 4.92. The zero-order valence-electron chi connectivity index (χ0n) is 22.6. The number of aryl methyl sites for hydroxylation is 2. The fraction of sp³-hybridized carbons (Fsp3) is 0.567. The van der Waals surface area contributed by atoms with Gasteiger partial charge in [0, 0.05) is 25.4 Å². The molecule has 8 nitrogen and oxygen atoms in total. The van der Waals surface area contributed by atoms with E-state index in [4.69, 9.17) is 9.47 Å². The van der Waals surface area contributed by atoms with Crippen molar-refractivity contribution in [2.24, 2.45) is 11.8 Å². The summed E-state index contributed by atoms with van der Waals surface area (Å²) in [5.41, 5.74) is 1.64. The maximum atomic E-state index is 14.5. The van der Waals surface area contributed by atoms with Crippen LogP contribution >= 0.6 is 0 Å². The Morgan fingerprint density at radius 2 is 2.03 bits per heavy atom. The van der Waals surface area contributed by atoms with Gasteiger partial charge in [-0.1, -0.05) is 24.3 Å². The van der Waals surface area contributed by atoms with Crippen molar-refractivity contribution >= 4 is 23.5 Å². The second-order valence-corrected chi connectivity index (χ2v) is 10.6. The second kappa shape index (κ2) is 11.8. The van der Waals surface area contributed by atoms with Crippen LogP contribution in [0.2, 0.25) is 0 Å². The summed E-state index contributed by atoms with van der Waals surface area (Å²) in [7, 11) is 0. The van der Waals surface area contributed by atoms with E-state index in [2.05, 4.69) is 13.2 Å². The summed E-state index contributed by atoms with van der Waals surface area (Å²) < 4.78 is 12.1. The molecule has 1 N–H and O–H groups in total. The SMILES string of the molecule is C=CCCCOC(=O)[C@@H]1[C@@H]2CCC3(O2)C(C(=O)N(CC=C)c2cc(C)ccc2C)N(CCCCO)C(=O)[C@H]13. The third-order valence-electron chi connectivity index (χ3n) is 8.14. The quantitative estimate of drug-likeness (QED) is 0.241. The van der Waals surface area contributed by atoms with E-state index in [9.17, 15) is 19.5 Å². The first-order valence-corrected chi connectivity index (χ1v) is 13.7. The summed E-state index contributed by atoms with van der Waals surface area (Å²) in [6.45, 7) is 12.3. The predicted molar refractivity (Wildman–Crippen MR) is 144 cm³/mol. The minimum atomic E-state index is -1.08. The van der Waals surface area contributed by atoms with Gasteiger partial charge in [0.15, 0.2) is 0 Å². The van der Waals surface area contributed by atoms with Crippen LogP contribution in [0.5, 0.6) is 0 Å². The molecule has 3 heterocycles. The van der Waals surface area contributed by atoms with E-state index in [-0.39, 0.29) is 31.6 Å². The molecule has 0 aromatic heterocycles. The average molecular weight is 525 g/mol. The molecule has 2 bridgehead atoms. The lowest BCUT2D eigenvalue weighted by atomic mass is 9.70. The number of nitrogens with zero attached hydrogens (tertiary/aromatic N) is 2. The molecule has 1 aromatic rings. The predicted octanol–water partition coefficient (Wildman–Crippen LogP) is 3.48. The number of fused-ring (bicyclic) bond motifs is 1. The second-order valence-electron chi connectivity index (χ2n) is 10.6. The summed E-state index contributed by atoms with van der Waals surface area (Å²) in [6, 6.07) is 5.07. The number of aliphatic hydroxyl groups is 1. The normalized spacial score (nSPS) is 27.3. The van der Waals surface area contributed by atoms with Gasteiger partial charge in [-0.2, -0.15) is 0 Å². The summed E-state index contributed by atoms with van der Waals surface area (Å²) in [5.74, 6) is -2.40. The first kappa shape index (κ1) is 28.0. The number of anilines is 1. The van der Waals surface area contributed by atoms with Crippen molar-refractivity contribution in [2.75, 3.05) is 31.2 Å². The Labute approximate surface area is 225 Å². The molecule has 5 atom stereocenters. The molecule has 3 aliphatic rings. The zero-order valence-corrected chi connectivity index (χ0v) is 22.6. The summed E-state index contributed by atoms with van der Waals surface area (Å²) in [6.07, 6.45) is 6.57. The Morgan fingerprint density at radius 3 is 2.74 bits per heavy atom. The Kier molecular flexibility index (Phi) is 8.73. The van der Waals surface area contributed by atoms with Crippen molar-refractivity contribution < 1.29 is 29.0 Å². The average Bonchev–Trinajstić information content (AvgIpc) is 3.54. The zero-order chi connectivity index (χ0) is 27.4. The van der Waals surface area contributed by atoms with Gasteiger partial charge in [0.1, 0.15) is 11.6 Å². The number of hydrogen-bond donors (Lipinski definition) is 1. The van der Waals surface area contributed by atoms with Crippen molar-refractivity contribution in [1.82, 2.24) is 4.90 Å². The maximum Gasteiger partial charge on any atom is 0.312 e. The van der Waals surface area contributed by atoms with Gasteiger partial charge in [0.05, 0.1) is 24.5 Å². The van der Waals surface area contributed by atoms with E-state index >= 15 is 0 Å². The van der Waals surface area contributed by atoms with E-state index in [0.717, 1.165) is 23.2 Å². The minimum absolute atomic E-state index is 0.00146. The molecule has 0 radical (unpaired) electrons. The van der Waals surface area contributed by atoms with Gasteiger partial charge in [-0.3, -0.25) is 14.4 Å². The smallest absolute Gasteiger partial charge is 0.312 e. The van der Waals surface area contributed by atoms with E-state index in [1.165, 1.54) is 0 Å². The molecule has 3 aliphatic heterocycles. The number of aliphatic hydroxyl groups excluding tert-OH is 1. The molecule has 4 rings (SSSR count). The minimum Gasteiger partial charge on any atom is -0.465 e. The summed E-state index contributed by atoms with van der Waals surface area (Å²) >= 11 is 0. The molecule has 1 spiro atoms. The van der Waals surface area contributed by atoms with Crippen LogP contribution in [0.1, 0.15) is 49.7 Å². The van der Waals surface area contributed by atoms with Crippen molar-refractivity contribution in [1.29, 1.82) is 0 Å². The molecule has 3 saturated heterocycles. The molecule has 206 valence electrons. The van der Waals surface area contributed by atoms with Gasteiger partial charge >= 0.3 is 5.97 Å². The van der Waals surface area contributed by atoms with Crippen LogP contribution in [0.25, 0.3) is 0 Å². The fourth-order valence-corrected chi connectivity index (χ4v) is 6.43. The number of ether oxygens (including phenoxy) is 2. The molecule has 8 heteroatoms. The summed E-state index contributed by atoms with van der Waals surface area (Å²) in [4.78, 5) is 45.0. The molecule has 2 amide bonds. The first-order chi connectivity index (χ1) is 18.3. The molecule has 0 aliphatic carbocycles. The fourth-order valence-electron chi connectivity index (χ4n) is 6.43. The lowest BCUT2D eigenvalue weighted by Gasteiger charge is -2.37. The largest absolute Gasteiger partial charge is 0.465 e. The highest BCUT2D eigenvalue weighted by Gasteiger charge is 2.75. The number of rotatable bonds is 13. The number of carbonyl (C=O) groups excluding carboxylic acids is 3. The molecular formula is C30H40N2O6. The Bertz CT molecular complexity index is 1090. The first-order valence-electron chi connectivity index (χ1n) is 13.7. The number of benzene rings is 1. The number of carbonyl (C=O) groups is 3. The molecule has 38 heavy (non-hydrogen) atoms. The lowest BCUT2D eigenvalue weighted by molar-refractivity contribution is -0.155. The Hall–Kier alpha value is -2.97. The number of hydrogen-bond acceptors (Lipinski definition) is 6. The van der Waals surface area contributed by atoms with Gasteiger partial charge in [-0.25, -0.2) is 0 Å². The molecule has 0 saturated carbocycles. The van der Waals surface area contributed by atoms with Crippen LogP contribution in [0, 0.1) is 25.7 Å². The van der Waals surface area contributed by atoms with Crippen LogP contribution in [0.15, 0.2) is 43.5 Å². The van der Waals surface area contributed by atoms with E-state index in [0.29, 0.717) is 38.6 Å². The number of likely N-dealkylation sites (tertiary alicyclic amines) is 1. The standard InChI is InChI=1S/C30H40N2O6/c1-5-7-10-18-37-29(36)24-23-13-14-30(38-23)25(24)27(34)32(16-8-9-17-33)26(30)28(35)31(15-6-2)22-19-20(3)11-12-21(22)4/h5-6,11-12,19,23-26,33H,1-2,7-10,13-18H2,3-4H3/t23-,24+,25-,26?,30?/m0/s1. The van der Waals surface area contributed by atoms with Crippen molar-refractivity contribution in [3.8, 4) is 0 Å². The van der Waals surface area contributed by atoms with E-state index < -0.39 is 35.6 Å². The van der Waals surface area contributed by atoms with Gasteiger partial charge in [0.25, 0.3) is 5.91 Å². The van der Waals surface area contributed by atoms with E-state index in [1.807, 2.05) is 32.0 Å². The van der Waals surface area contributed by atoms with Crippen LogP contribution in [-0.4, -0.2) is 71.8 Å². The molecular weight excluding hydrogens is 484 g/mol. The van der Waals surface area contributed by atoms with Crippen LogP contribution in [-0.2, 0) is 23.9 Å². The Balaban J connectivity index is 1.70. The van der Waals surface area contributed by atoms with Gasteiger partial charge in [0.2, 0.25) is 5.91 Å². The van der Waals surface area contributed by atoms with Gasteiger partial charge < -0.3 is 24.4 Å². The molecule has 3 fully saturated rings. The van der Waals surface area contributed by atoms with Crippen LogP contribution in [0.3, 0.4) is 0 Å². The van der Waals surface area contributed by atoms with Crippen LogP contribution < -0.4 is 4.90 Å². The number of amides is 2. The van der Waals surface area contributed by atoms with Crippen molar-refractivity contribution in [3.05, 3.63) is 54.6 Å². The highest BCUT2D eigenvalue weighted by Crippen LogP contribution is 2.59. The van der Waals surface area contributed by atoms with Gasteiger partial charge in [-0.05, 0) is 69.6 Å². The third-order valence-corrected chi connectivity index (χ3v) is 8.14. The van der Waals surface area contributed by atoms with Crippen LogP contribution in [0.4, 0.5) is 5.69 Å². The number of esters is 1. The number of allylic oxidation sites excluding steroid dienone is 1. The number of unbranched alkanes of at least 4 members (excludes halogenated alkanes) is 2. The topological polar surface area (TPSA) is 96.4 Å².